The minimum absolute atomic E-state index is 0.0177. The van der Waals surface area contributed by atoms with E-state index in [1.54, 1.807) is 33.8 Å². The number of rotatable bonds is 9. The number of amides is 1. The molecule has 1 rings (SSSR count). The van der Waals surface area contributed by atoms with Crippen molar-refractivity contribution in [2.24, 2.45) is 0 Å². The van der Waals surface area contributed by atoms with Crippen LogP contribution < -0.4 is 5.32 Å². The van der Waals surface area contributed by atoms with Gasteiger partial charge in [0.25, 0.3) is 0 Å². The monoisotopic (exact) mass is 370 g/mol. The lowest BCUT2D eigenvalue weighted by molar-refractivity contribution is -0.144. The highest BCUT2D eigenvalue weighted by Crippen LogP contribution is 2.23. The molecule has 1 N–H and O–H groups in total. The molecule has 140 valence electrons. The number of hydrogen-bond acceptors (Lipinski definition) is 5. The van der Waals surface area contributed by atoms with E-state index >= 15 is 0 Å². The SMILES string of the molecule is CCOC(=O)CCC(=O)Nc1cc(S(=O)(=O)N(CC)CC)ccc1C. The Hall–Kier alpha value is -1.93. The van der Waals surface area contributed by atoms with Gasteiger partial charge in [-0.1, -0.05) is 19.9 Å². The molecule has 25 heavy (non-hydrogen) atoms. The zero-order chi connectivity index (χ0) is 19.0. The standard InChI is InChI=1S/C17H26N2O5S/c1-5-19(6-2)25(22,23)14-9-8-13(4)15(12-14)18-16(20)10-11-17(21)24-7-3/h8-9,12H,5-7,10-11H2,1-4H3,(H,18,20). The van der Waals surface area contributed by atoms with Gasteiger partial charge >= 0.3 is 5.97 Å². The van der Waals surface area contributed by atoms with E-state index in [0.717, 1.165) is 5.56 Å². The van der Waals surface area contributed by atoms with Crippen LogP contribution in [0.2, 0.25) is 0 Å². The van der Waals surface area contributed by atoms with E-state index < -0.39 is 16.0 Å². The second-order valence-electron chi connectivity index (χ2n) is 5.42. The van der Waals surface area contributed by atoms with Crippen LogP contribution in [0.15, 0.2) is 23.1 Å². The van der Waals surface area contributed by atoms with Gasteiger partial charge in [-0.05, 0) is 31.5 Å². The van der Waals surface area contributed by atoms with E-state index in [2.05, 4.69) is 5.32 Å². The van der Waals surface area contributed by atoms with Crippen LogP contribution in [-0.2, 0) is 24.3 Å². The minimum Gasteiger partial charge on any atom is -0.466 e. The molecule has 7 nitrogen and oxygen atoms in total. The quantitative estimate of drug-likeness (QED) is 0.673. The first-order valence-corrected chi connectivity index (χ1v) is 9.76. The van der Waals surface area contributed by atoms with Crippen molar-refractivity contribution < 1.29 is 22.7 Å². The van der Waals surface area contributed by atoms with Gasteiger partial charge in [0.2, 0.25) is 15.9 Å². The summed E-state index contributed by atoms with van der Waals surface area (Å²) in [5.41, 5.74) is 1.16. The maximum Gasteiger partial charge on any atom is 0.306 e. The molecule has 0 saturated carbocycles. The number of esters is 1. The normalized spacial score (nSPS) is 11.4. The Labute approximate surface area is 149 Å². The predicted molar refractivity (Wildman–Crippen MR) is 95.8 cm³/mol. The third kappa shape index (κ3) is 5.82. The van der Waals surface area contributed by atoms with Crippen LogP contribution in [0.25, 0.3) is 0 Å². The second kappa shape index (κ2) is 9.53. The highest BCUT2D eigenvalue weighted by molar-refractivity contribution is 7.89. The summed E-state index contributed by atoms with van der Waals surface area (Å²) in [6, 6.07) is 4.62. The molecule has 0 aliphatic rings. The fourth-order valence-corrected chi connectivity index (χ4v) is 3.76. The topological polar surface area (TPSA) is 92.8 Å². The molecule has 0 saturated heterocycles. The first kappa shape index (κ1) is 21.1. The molecule has 0 heterocycles. The number of nitrogens with zero attached hydrogens (tertiary/aromatic N) is 1. The number of carbonyl (C=O) groups excluding carboxylic acids is 2. The van der Waals surface area contributed by atoms with Crippen molar-refractivity contribution in [1.29, 1.82) is 0 Å². The zero-order valence-corrected chi connectivity index (χ0v) is 16.0. The Kier molecular flexibility index (Phi) is 8.05. The maximum atomic E-state index is 12.6. The third-order valence-corrected chi connectivity index (χ3v) is 5.73. The number of sulfonamides is 1. The number of hydrogen-bond donors (Lipinski definition) is 1. The van der Waals surface area contributed by atoms with Crippen LogP contribution in [0.1, 0.15) is 39.2 Å². The molecular formula is C17H26N2O5S. The fraction of sp³-hybridized carbons (Fsp3) is 0.529. The molecular weight excluding hydrogens is 344 g/mol. The minimum atomic E-state index is -3.60. The lowest BCUT2D eigenvalue weighted by Crippen LogP contribution is -2.30. The number of anilines is 1. The van der Waals surface area contributed by atoms with Crippen molar-refractivity contribution >= 4 is 27.6 Å². The summed E-state index contributed by atoms with van der Waals surface area (Å²) in [6.07, 6.45) is -0.0402. The van der Waals surface area contributed by atoms with E-state index in [9.17, 15) is 18.0 Å². The van der Waals surface area contributed by atoms with Crippen LogP contribution in [-0.4, -0.2) is 44.3 Å². The first-order chi connectivity index (χ1) is 11.8. The summed E-state index contributed by atoms with van der Waals surface area (Å²) in [6.45, 7) is 8.02. The molecule has 0 unspecified atom stereocenters. The van der Waals surface area contributed by atoms with Crippen LogP contribution in [0.4, 0.5) is 5.69 Å². The number of ether oxygens (including phenoxy) is 1. The lowest BCUT2D eigenvalue weighted by atomic mass is 10.2. The zero-order valence-electron chi connectivity index (χ0n) is 15.2. The van der Waals surface area contributed by atoms with Gasteiger partial charge in [-0.3, -0.25) is 9.59 Å². The summed E-state index contributed by atoms with van der Waals surface area (Å²) in [5.74, 6) is -0.805. The molecule has 0 atom stereocenters. The molecule has 0 fully saturated rings. The second-order valence-corrected chi connectivity index (χ2v) is 7.36. The van der Waals surface area contributed by atoms with Gasteiger partial charge in [0.05, 0.1) is 17.9 Å². The number of nitrogens with one attached hydrogen (secondary N) is 1. The van der Waals surface area contributed by atoms with Crippen LogP contribution in [0.3, 0.4) is 0 Å². The molecule has 0 bridgehead atoms. The lowest BCUT2D eigenvalue weighted by Gasteiger charge is -2.19. The highest BCUT2D eigenvalue weighted by atomic mass is 32.2. The van der Waals surface area contributed by atoms with Crippen LogP contribution >= 0.6 is 0 Å². The Morgan fingerprint density at radius 1 is 1.12 bits per heavy atom. The summed E-state index contributed by atoms with van der Waals surface area (Å²) in [5, 5.41) is 2.67. The largest absolute Gasteiger partial charge is 0.466 e. The van der Waals surface area contributed by atoms with E-state index in [4.69, 9.17) is 4.74 Å². The number of carbonyl (C=O) groups is 2. The van der Waals surface area contributed by atoms with E-state index in [0.29, 0.717) is 18.8 Å². The molecule has 1 amide bonds. The maximum absolute atomic E-state index is 12.6. The molecule has 0 radical (unpaired) electrons. The Morgan fingerprint density at radius 3 is 2.32 bits per heavy atom. The molecule has 1 aromatic rings. The third-order valence-electron chi connectivity index (χ3n) is 3.69. The predicted octanol–water partition coefficient (Wildman–Crippen LogP) is 2.31. The van der Waals surface area contributed by atoms with E-state index in [1.165, 1.54) is 16.4 Å². The number of aryl methyl sites for hydroxylation is 1. The fourth-order valence-electron chi connectivity index (χ4n) is 2.27. The van der Waals surface area contributed by atoms with Crippen LogP contribution in [0, 0.1) is 6.92 Å². The van der Waals surface area contributed by atoms with Crippen molar-refractivity contribution in [3.8, 4) is 0 Å². The van der Waals surface area contributed by atoms with Crippen LogP contribution in [0.5, 0.6) is 0 Å². The smallest absolute Gasteiger partial charge is 0.306 e. The Morgan fingerprint density at radius 2 is 1.76 bits per heavy atom. The van der Waals surface area contributed by atoms with Gasteiger partial charge in [0.15, 0.2) is 0 Å². The summed E-state index contributed by atoms with van der Waals surface area (Å²) >= 11 is 0. The molecule has 0 aliphatic heterocycles. The van der Waals surface area contributed by atoms with Gasteiger partial charge in [0, 0.05) is 25.2 Å². The molecule has 0 spiro atoms. The molecule has 8 heteroatoms. The molecule has 0 aromatic heterocycles. The Bertz CT molecular complexity index is 712. The van der Waals surface area contributed by atoms with Gasteiger partial charge in [-0.2, -0.15) is 4.31 Å². The van der Waals surface area contributed by atoms with E-state index in [-0.39, 0.29) is 30.3 Å². The number of benzene rings is 1. The summed E-state index contributed by atoms with van der Waals surface area (Å²) in [7, 11) is -3.60. The average Bonchev–Trinajstić information content (AvgIpc) is 2.56. The summed E-state index contributed by atoms with van der Waals surface area (Å²) in [4.78, 5) is 23.4. The van der Waals surface area contributed by atoms with Gasteiger partial charge in [-0.15, -0.1) is 0 Å². The van der Waals surface area contributed by atoms with Gasteiger partial charge < -0.3 is 10.1 Å². The summed E-state index contributed by atoms with van der Waals surface area (Å²) < 4.78 is 31.3. The van der Waals surface area contributed by atoms with Gasteiger partial charge in [0.1, 0.15) is 0 Å². The van der Waals surface area contributed by atoms with Crippen molar-refractivity contribution in [2.75, 3.05) is 25.0 Å². The molecule has 0 aliphatic carbocycles. The van der Waals surface area contributed by atoms with Crippen molar-refractivity contribution in [1.82, 2.24) is 4.31 Å². The molecule has 1 aromatic carbocycles. The van der Waals surface area contributed by atoms with E-state index in [1.807, 2.05) is 0 Å². The van der Waals surface area contributed by atoms with Crippen molar-refractivity contribution in [3.05, 3.63) is 23.8 Å². The van der Waals surface area contributed by atoms with Crippen molar-refractivity contribution in [2.45, 2.75) is 45.4 Å². The Balaban J connectivity index is 2.92. The van der Waals surface area contributed by atoms with Gasteiger partial charge in [-0.25, -0.2) is 8.42 Å². The first-order valence-electron chi connectivity index (χ1n) is 8.32. The average molecular weight is 370 g/mol. The van der Waals surface area contributed by atoms with Crippen molar-refractivity contribution in [3.63, 3.8) is 0 Å². The highest BCUT2D eigenvalue weighted by Gasteiger charge is 2.22.